The highest BCUT2D eigenvalue weighted by Gasteiger charge is 2.12. The lowest BCUT2D eigenvalue weighted by molar-refractivity contribution is -0.132. The third kappa shape index (κ3) is 5.95. The molecule has 2 amide bonds. The zero-order valence-electron chi connectivity index (χ0n) is 14.5. The number of carbonyl (C=O) groups is 4. The predicted octanol–water partition coefficient (Wildman–Crippen LogP) is 2.51. The number of hydrogen-bond acceptors (Lipinski definition) is 4. The summed E-state index contributed by atoms with van der Waals surface area (Å²) in [6, 6.07) is 13.5. The normalized spacial score (nSPS) is 10.7. The van der Waals surface area contributed by atoms with Gasteiger partial charge in [0, 0.05) is 46.8 Å². The number of aliphatic carboxylic acids is 2. The van der Waals surface area contributed by atoms with Gasteiger partial charge in [0.2, 0.25) is 11.8 Å². The van der Waals surface area contributed by atoms with Crippen LogP contribution in [0, 0.1) is 0 Å². The van der Waals surface area contributed by atoms with Crippen LogP contribution in [0.1, 0.15) is 0 Å². The molecule has 0 unspecified atom stereocenters. The molecule has 2 rings (SSSR count). The number of carboxylic acids is 2. The molecule has 0 radical (unpaired) electrons. The van der Waals surface area contributed by atoms with Crippen LogP contribution < -0.4 is 10.6 Å². The number of carboxylic acid groups (broad SMARTS) is 2. The largest absolute Gasteiger partial charge is 0.478 e. The molecule has 142 valence electrons. The minimum absolute atomic E-state index is 0.408. The van der Waals surface area contributed by atoms with Crippen LogP contribution >= 0.6 is 0 Å². The molecule has 4 N–H and O–H groups in total. The van der Waals surface area contributed by atoms with Crippen molar-refractivity contribution in [2.75, 3.05) is 10.6 Å². The number of rotatable bonds is 7. The summed E-state index contributed by atoms with van der Waals surface area (Å²) in [5.41, 5.74) is 1.98. The molecule has 8 nitrogen and oxygen atoms in total. The van der Waals surface area contributed by atoms with Crippen LogP contribution in [0.2, 0.25) is 0 Å². The summed E-state index contributed by atoms with van der Waals surface area (Å²) in [6.45, 7) is 0. The Bertz CT molecular complexity index is 899. The average molecular weight is 380 g/mol. The van der Waals surface area contributed by atoms with E-state index in [0.717, 1.165) is 24.3 Å². The Kier molecular flexibility index (Phi) is 6.81. The van der Waals surface area contributed by atoms with Crippen LogP contribution in [-0.2, 0) is 19.2 Å². The van der Waals surface area contributed by atoms with Gasteiger partial charge in [-0.2, -0.15) is 0 Å². The van der Waals surface area contributed by atoms with Gasteiger partial charge in [-0.15, -0.1) is 0 Å². The molecule has 0 fully saturated rings. The second-order valence-electron chi connectivity index (χ2n) is 5.41. The van der Waals surface area contributed by atoms with Gasteiger partial charge in [-0.25, -0.2) is 9.59 Å². The van der Waals surface area contributed by atoms with Gasteiger partial charge in [-0.1, -0.05) is 36.4 Å². The van der Waals surface area contributed by atoms with E-state index in [1.807, 2.05) is 0 Å². The first-order valence-electron chi connectivity index (χ1n) is 7.99. The van der Waals surface area contributed by atoms with Crippen molar-refractivity contribution in [3.63, 3.8) is 0 Å². The first-order valence-corrected chi connectivity index (χ1v) is 7.99. The van der Waals surface area contributed by atoms with E-state index in [1.165, 1.54) is 0 Å². The van der Waals surface area contributed by atoms with E-state index in [0.29, 0.717) is 22.5 Å². The monoisotopic (exact) mass is 380 g/mol. The molecular formula is C20H16N2O6. The lowest BCUT2D eigenvalue weighted by atomic mass is 10.0. The van der Waals surface area contributed by atoms with E-state index in [9.17, 15) is 19.2 Å². The minimum atomic E-state index is -1.24. The van der Waals surface area contributed by atoms with Gasteiger partial charge in [0.25, 0.3) is 0 Å². The maximum Gasteiger partial charge on any atom is 0.328 e. The SMILES string of the molecule is O=C(O)/C=C/C(=O)Nc1ccccc1-c1ccccc1NC(=O)/C=C/C(=O)O. The quantitative estimate of drug-likeness (QED) is 0.546. The van der Waals surface area contributed by atoms with Crippen molar-refractivity contribution in [3.05, 3.63) is 72.8 Å². The molecule has 0 aliphatic heterocycles. The van der Waals surface area contributed by atoms with E-state index < -0.39 is 23.8 Å². The fourth-order valence-electron chi connectivity index (χ4n) is 2.30. The second kappa shape index (κ2) is 9.48. The molecule has 0 aliphatic carbocycles. The van der Waals surface area contributed by atoms with Gasteiger partial charge in [-0.05, 0) is 12.1 Å². The van der Waals surface area contributed by atoms with Crippen LogP contribution in [0.5, 0.6) is 0 Å². The van der Waals surface area contributed by atoms with Crippen molar-refractivity contribution < 1.29 is 29.4 Å². The number of nitrogens with one attached hydrogen (secondary N) is 2. The van der Waals surface area contributed by atoms with Crippen LogP contribution in [0.25, 0.3) is 11.1 Å². The van der Waals surface area contributed by atoms with Gasteiger partial charge >= 0.3 is 11.9 Å². The maximum atomic E-state index is 11.9. The topological polar surface area (TPSA) is 133 Å². The fourth-order valence-corrected chi connectivity index (χ4v) is 2.30. The number of benzene rings is 2. The third-order valence-electron chi connectivity index (χ3n) is 3.41. The van der Waals surface area contributed by atoms with E-state index >= 15 is 0 Å². The summed E-state index contributed by atoms with van der Waals surface area (Å²) in [4.78, 5) is 44.9. The summed E-state index contributed by atoms with van der Waals surface area (Å²) in [5, 5.41) is 22.4. The van der Waals surface area contributed by atoms with Crippen molar-refractivity contribution in [2.24, 2.45) is 0 Å². The second-order valence-corrected chi connectivity index (χ2v) is 5.41. The first kappa shape index (κ1) is 20.1. The lowest BCUT2D eigenvalue weighted by Gasteiger charge is -2.14. The van der Waals surface area contributed by atoms with Crippen molar-refractivity contribution in [2.45, 2.75) is 0 Å². The molecule has 0 saturated carbocycles. The Morgan fingerprint density at radius 3 is 1.32 bits per heavy atom. The van der Waals surface area contributed by atoms with Crippen LogP contribution in [0.4, 0.5) is 11.4 Å². The molecule has 0 saturated heterocycles. The van der Waals surface area contributed by atoms with Crippen molar-refractivity contribution in [1.29, 1.82) is 0 Å². The summed E-state index contributed by atoms with van der Waals surface area (Å²) in [7, 11) is 0. The van der Waals surface area contributed by atoms with Gasteiger partial charge in [-0.3, -0.25) is 9.59 Å². The summed E-state index contributed by atoms with van der Waals surface area (Å²) < 4.78 is 0. The first-order chi connectivity index (χ1) is 13.4. The Balaban J connectivity index is 2.33. The van der Waals surface area contributed by atoms with Crippen LogP contribution in [0.3, 0.4) is 0 Å². The highest BCUT2D eigenvalue weighted by atomic mass is 16.4. The van der Waals surface area contributed by atoms with E-state index in [2.05, 4.69) is 10.6 Å². The Morgan fingerprint density at radius 2 is 0.964 bits per heavy atom. The molecule has 0 heterocycles. The number of amides is 2. The van der Waals surface area contributed by atoms with Gasteiger partial charge in [0.05, 0.1) is 0 Å². The number of carbonyl (C=O) groups excluding carboxylic acids is 2. The summed E-state index contributed by atoms with van der Waals surface area (Å²) in [5.74, 6) is -3.74. The highest BCUT2D eigenvalue weighted by Crippen LogP contribution is 2.33. The predicted molar refractivity (Wildman–Crippen MR) is 103 cm³/mol. The molecule has 0 bridgehead atoms. The summed E-state index contributed by atoms with van der Waals surface area (Å²) >= 11 is 0. The zero-order valence-corrected chi connectivity index (χ0v) is 14.5. The van der Waals surface area contributed by atoms with E-state index in [1.54, 1.807) is 48.5 Å². The molecule has 0 aliphatic rings. The molecule has 0 aromatic heterocycles. The van der Waals surface area contributed by atoms with Crippen LogP contribution in [0.15, 0.2) is 72.8 Å². The van der Waals surface area contributed by atoms with Gasteiger partial charge < -0.3 is 20.8 Å². The molecule has 2 aromatic carbocycles. The van der Waals surface area contributed by atoms with Crippen molar-refractivity contribution in [1.82, 2.24) is 0 Å². The van der Waals surface area contributed by atoms with Crippen molar-refractivity contribution >= 4 is 35.1 Å². The number of anilines is 2. The zero-order chi connectivity index (χ0) is 20.5. The number of para-hydroxylation sites is 2. The lowest BCUT2D eigenvalue weighted by Crippen LogP contribution is -2.11. The molecule has 28 heavy (non-hydrogen) atoms. The van der Waals surface area contributed by atoms with E-state index in [4.69, 9.17) is 10.2 Å². The average Bonchev–Trinajstić information content (AvgIpc) is 2.66. The Morgan fingerprint density at radius 1 is 0.607 bits per heavy atom. The Hall–Kier alpha value is -4.20. The number of hydrogen-bond donors (Lipinski definition) is 4. The Labute approximate surface area is 159 Å². The molecule has 8 heteroatoms. The smallest absolute Gasteiger partial charge is 0.328 e. The standard InChI is InChI=1S/C20H16N2O6/c23-17(9-11-19(25)26)21-15-7-3-1-5-13(15)14-6-2-4-8-16(14)22-18(24)10-12-20(27)28/h1-12H,(H,21,23)(H,22,24)(H,25,26)(H,27,28)/b11-9+,12-10+. The maximum absolute atomic E-state index is 11.9. The minimum Gasteiger partial charge on any atom is -0.478 e. The highest BCUT2D eigenvalue weighted by molar-refractivity contribution is 6.07. The fraction of sp³-hybridized carbons (Fsp3) is 0. The molecule has 0 spiro atoms. The summed E-state index contributed by atoms with van der Waals surface area (Å²) in [6.07, 6.45) is 3.23. The third-order valence-corrected chi connectivity index (χ3v) is 3.41. The van der Waals surface area contributed by atoms with Crippen LogP contribution in [-0.4, -0.2) is 34.0 Å². The van der Waals surface area contributed by atoms with Crippen molar-refractivity contribution in [3.8, 4) is 11.1 Å². The molecular weight excluding hydrogens is 364 g/mol. The van der Waals surface area contributed by atoms with E-state index in [-0.39, 0.29) is 0 Å². The molecule has 2 aromatic rings. The van der Waals surface area contributed by atoms with Gasteiger partial charge in [0.1, 0.15) is 0 Å². The van der Waals surface area contributed by atoms with Gasteiger partial charge in [0.15, 0.2) is 0 Å². The molecule has 0 atom stereocenters.